The van der Waals surface area contributed by atoms with Crippen molar-refractivity contribution in [1.29, 1.82) is 5.26 Å². The second kappa shape index (κ2) is 7.10. The molecule has 4 nitrogen and oxygen atoms in total. The minimum absolute atomic E-state index is 0.0202. The van der Waals surface area contributed by atoms with Crippen LogP contribution >= 0.6 is 0 Å². The Morgan fingerprint density at radius 1 is 1.71 bits per heavy atom. The fourth-order valence-corrected chi connectivity index (χ4v) is 1.06. The van der Waals surface area contributed by atoms with Crippen molar-refractivity contribution in [2.24, 2.45) is 5.92 Å². The number of rotatable bonds is 6. The number of carboxylic acid groups (broad SMARTS) is 1. The number of aliphatic carboxylic acids is 1. The average molecular weight is 196 g/mol. The topological polar surface area (TPSA) is 64.3 Å². The molecule has 0 aromatic heterocycles. The minimum Gasteiger partial charge on any atom is -0.478 e. The van der Waals surface area contributed by atoms with E-state index >= 15 is 0 Å². The Morgan fingerprint density at radius 2 is 2.36 bits per heavy atom. The standard InChI is InChI=1S/C10H16N2O2/c1-3-12(8-9(2)7-11)6-4-5-10(13)14/h4-5,9H,3,6,8H2,1-2H3,(H,13,14). The van der Waals surface area contributed by atoms with Gasteiger partial charge in [-0.25, -0.2) is 4.79 Å². The highest BCUT2D eigenvalue weighted by Gasteiger charge is 2.05. The lowest BCUT2D eigenvalue weighted by molar-refractivity contribution is -0.131. The summed E-state index contributed by atoms with van der Waals surface area (Å²) in [6.45, 7) is 5.91. The highest BCUT2D eigenvalue weighted by molar-refractivity contribution is 5.79. The predicted molar refractivity (Wildman–Crippen MR) is 53.7 cm³/mol. The summed E-state index contributed by atoms with van der Waals surface area (Å²) in [5.74, 6) is -0.956. The van der Waals surface area contributed by atoms with Crippen molar-refractivity contribution in [2.45, 2.75) is 13.8 Å². The van der Waals surface area contributed by atoms with Crippen LogP contribution in [0.15, 0.2) is 12.2 Å². The van der Waals surface area contributed by atoms with Gasteiger partial charge in [0.15, 0.2) is 0 Å². The number of nitrogens with zero attached hydrogens (tertiary/aromatic N) is 2. The fourth-order valence-electron chi connectivity index (χ4n) is 1.06. The van der Waals surface area contributed by atoms with Crippen LogP contribution in [0.5, 0.6) is 0 Å². The van der Waals surface area contributed by atoms with E-state index in [0.29, 0.717) is 13.1 Å². The Labute approximate surface area is 84.4 Å². The molecule has 1 unspecified atom stereocenters. The Hall–Kier alpha value is -1.34. The third kappa shape index (κ3) is 6.21. The fraction of sp³-hybridized carbons (Fsp3) is 0.600. The van der Waals surface area contributed by atoms with Gasteiger partial charge in [0.2, 0.25) is 0 Å². The molecule has 1 N–H and O–H groups in total. The molecule has 0 aliphatic rings. The van der Waals surface area contributed by atoms with Crippen LogP contribution in [-0.2, 0) is 4.79 Å². The van der Waals surface area contributed by atoms with Crippen LogP contribution < -0.4 is 0 Å². The van der Waals surface area contributed by atoms with Gasteiger partial charge >= 0.3 is 5.97 Å². The van der Waals surface area contributed by atoms with Gasteiger partial charge in [-0.1, -0.05) is 13.0 Å². The van der Waals surface area contributed by atoms with E-state index < -0.39 is 5.97 Å². The van der Waals surface area contributed by atoms with E-state index in [1.165, 1.54) is 0 Å². The monoisotopic (exact) mass is 196 g/mol. The zero-order valence-corrected chi connectivity index (χ0v) is 8.60. The number of carbonyl (C=O) groups is 1. The van der Waals surface area contributed by atoms with Gasteiger partial charge in [-0.2, -0.15) is 5.26 Å². The molecule has 78 valence electrons. The molecule has 4 heteroatoms. The molecule has 0 aromatic carbocycles. The highest BCUT2D eigenvalue weighted by atomic mass is 16.4. The van der Waals surface area contributed by atoms with Gasteiger partial charge in [0.25, 0.3) is 0 Å². The van der Waals surface area contributed by atoms with E-state index in [2.05, 4.69) is 6.07 Å². The molecule has 0 fully saturated rings. The Kier molecular flexibility index (Phi) is 6.42. The number of carboxylic acids is 1. The van der Waals surface area contributed by atoms with Crippen LogP contribution in [0.1, 0.15) is 13.8 Å². The molecule has 0 heterocycles. The van der Waals surface area contributed by atoms with Crippen molar-refractivity contribution in [3.8, 4) is 6.07 Å². The van der Waals surface area contributed by atoms with E-state index in [-0.39, 0.29) is 5.92 Å². The van der Waals surface area contributed by atoms with Crippen LogP contribution in [0.25, 0.3) is 0 Å². The zero-order valence-electron chi connectivity index (χ0n) is 8.60. The van der Waals surface area contributed by atoms with Gasteiger partial charge in [-0.15, -0.1) is 0 Å². The summed E-state index contributed by atoms with van der Waals surface area (Å²) in [5.41, 5.74) is 0. The van der Waals surface area contributed by atoms with Gasteiger partial charge in [-0.05, 0) is 13.5 Å². The molecule has 0 radical (unpaired) electrons. The van der Waals surface area contributed by atoms with Gasteiger partial charge in [-0.3, -0.25) is 4.90 Å². The van der Waals surface area contributed by atoms with Gasteiger partial charge < -0.3 is 5.11 Å². The molecule has 0 aromatic rings. The van der Waals surface area contributed by atoms with Crippen LogP contribution in [0.2, 0.25) is 0 Å². The Balaban J connectivity index is 3.92. The number of hydrogen-bond acceptors (Lipinski definition) is 3. The third-order valence-electron chi connectivity index (χ3n) is 1.82. The van der Waals surface area contributed by atoms with Crippen molar-refractivity contribution in [3.05, 3.63) is 12.2 Å². The molecule has 1 atom stereocenters. The highest BCUT2D eigenvalue weighted by Crippen LogP contribution is 1.98. The number of nitriles is 1. The first kappa shape index (κ1) is 12.7. The number of hydrogen-bond donors (Lipinski definition) is 1. The maximum Gasteiger partial charge on any atom is 0.328 e. The summed E-state index contributed by atoms with van der Waals surface area (Å²) >= 11 is 0. The van der Waals surface area contributed by atoms with E-state index in [9.17, 15) is 4.79 Å². The largest absolute Gasteiger partial charge is 0.478 e. The molecular formula is C10H16N2O2. The van der Waals surface area contributed by atoms with Crippen molar-refractivity contribution in [3.63, 3.8) is 0 Å². The van der Waals surface area contributed by atoms with E-state index in [4.69, 9.17) is 10.4 Å². The molecule has 0 amide bonds. The molecule has 0 bridgehead atoms. The second-order valence-electron chi connectivity index (χ2n) is 3.12. The molecular weight excluding hydrogens is 180 g/mol. The first-order chi connectivity index (χ1) is 6.60. The molecule has 0 aliphatic carbocycles. The van der Waals surface area contributed by atoms with Gasteiger partial charge in [0, 0.05) is 19.2 Å². The number of likely N-dealkylation sites (N-methyl/N-ethyl adjacent to an activating group) is 1. The van der Waals surface area contributed by atoms with Gasteiger partial charge in [0.1, 0.15) is 0 Å². The molecule has 0 rings (SSSR count). The molecule has 0 saturated heterocycles. The van der Waals surface area contributed by atoms with E-state index in [1.54, 1.807) is 6.08 Å². The van der Waals surface area contributed by atoms with Crippen molar-refractivity contribution in [1.82, 2.24) is 4.90 Å². The Morgan fingerprint density at radius 3 is 2.79 bits per heavy atom. The van der Waals surface area contributed by atoms with Crippen LogP contribution in [0.4, 0.5) is 0 Å². The first-order valence-corrected chi connectivity index (χ1v) is 4.61. The van der Waals surface area contributed by atoms with Crippen molar-refractivity contribution < 1.29 is 9.90 Å². The molecule has 0 saturated carbocycles. The van der Waals surface area contributed by atoms with Crippen LogP contribution in [-0.4, -0.2) is 35.6 Å². The quantitative estimate of drug-likeness (QED) is 0.646. The summed E-state index contributed by atoms with van der Waals surface area (Å²) in [6.07, 6.45) is 2.72. The second-order valence-corrected chi connectivity index (χ2v) is 3.12. The molecule has 0 aliphatic heterocycles. The van der Waals surface area contributed by atoms with Crippen LogP contribution in [0, 0.1) is 17.2 Å². The normalized spacial score (nSPS) is 13.0. The summed E-state index contributed by atoms with van der Waals surface area (Å²) in [4.78, 5) is 12.2. The maximum absolute atomic E-state index is 10.2. The smallest absolute Gasteiger partial charge is 0.328 e. The lowest BCUT2D eigenvalue weighted by Crippen LogP contribution is -2.28. The third-order valence-corrected chi connectivity index (χ3v) is 1.82. The maximum atomic E-state index is 10.2. The van der Waals surface area contributed by atoms with Crippen molar-refractivity contribution in [2.75, 3.05) is 19.6 Å². The van der Waals surface area contributed by atoms with Crippen LogP contribution in [0.3, 0.4) is 0 Å². The van der Waals surface area contributed by atoms with E-state index in [1.807, 2.05) is 18.7 Å². The predicted octanol–water partition coefficient (Wildman–Crippen LogP) is 1.11. The Bertz CT molecular complexity index is 243. The summed E-state index contributed by atoms with van der Waals surface area (Å²) < 4.78 is 0. The summed E-state index contributed by atoms with van der Waals surface area (Å²) in [5, 5.41) is 17.0. The zero-order chi connectivity index (χ0) is 11.0. The molecule has 0 spiro atoms. The first-order valence-electron chi connectivity index (χ1n) is 4.61. The summed E-state index contributed by atoms with van der Waals surface area (Å²) in [7, 11) is 0. The lowest BCUT2D eigenvalue weighted by Gasteiger charge is -2.19. The van der Waals surface area contributed by atoms with E-state index in [0.717, 1.165) is 12.6 Å². The van der Waals surface area contributed by atoms with Gasteiger partial charge in [0.05, 0.1) is 12.0 Å². The molecule has 14 heavy (non-hydrogen) atoms. The lowest BCUT2D eigenvalue weighted by atomic mass is 10.2. The SMILES string of the molecule is CCN(CC=CC(=O)O)CC(C)C#N. The summed E-state index contributed by atoms with van der Waals surface area (Å²) in [6, 6.07) is 2.15. The average Bonchev–Trinajstić information content (AvgIpc) is 2.15. The van der Waals surface area contributed by atoms with Crippen molar-refractivity contribution >= 4 is 5.97 Å². The minimum atomic E-state index is -0.936.